The van der Waals surface area contributed by atoms with Gasteiger partial charge in [0.05, 0.1) is 16.8 Å². The maximum atomic E-state index is 13.7. The highest BCUT2D eigenvalue weighted by molar-refractivity contribution is 6.21. The normalized spacial score (nSPS) is 13.1. The molecule has 1 heterocycles. The predicted molar refractivity (Wildman–Crippen MR) is 72.3 cm³/mol. The maximum Gasteiger partial charge on any atom is 0.259 e. The van der Waals surface area contributed by atoms with Gasteiger partial charge >= 0.3 is 0 Å². The van der Waals surface area contributed by atoms with Crippen molar-refractivity contribution in [2.45, 2.75) is 0 Å². The summed E-state index contributed by atoms with van der Waals surface area (Å²) in [7, 11) is 0. The lowest BCUT2D eigenvalue weighted by Crippen LogP contribution is -2.19. The molecule has 2 aromatic carbocycles. The largest absolute Gasteiger partial charge is 0.399 e. The molecule has 20 heavy (non-hydrogen) atoms. The topological polar surface area (TPSA) is 84.2 Å². The number of hydrogen-bond acceptors (Lipinski definition) is 4. The molecule has 1 aliphatic heterocycles. The van der Waals surface area contributed by atoms with Crippen LogP contribution in [0.2, 0.25) is 0 Å². The zero-order valence-electron chi connectivity index (χ0n) is 10.2. The molecule has 6 heteroatoms. The highest BCUT2D eigenvalue weighted by Crippen LogP contribution is 2.25. The molecule has 2 amide bonds. The van der Waals surface area contributed by atoms with Gasteiger partial charge < -0.3 is 11.1 Å². The molecule has 4 N–H and O–H groups in total. The second kappa shape index (κ2) is 4.34. The summed E-state index contributed by atoms with van der Waals surface area (Å²) in [5.41, 5.74) is 7.14. The highest BCUT2D eigenvalue weighted by Gasteiger charge is 2.26. The Balaban J connectivity index is 1.95. The fourth-order valence-corrected chi connectivity index (χ4v) is 2.03. The monoisotopic (exact) mass is 271 g/mol. The Labute approximate surface area is 113 Å². The first kappa shape index (κ1) is 12.2. The number of fused-ring (bicyclic) bond motifs is 1. The van der Waals surface area contributed by atoms with Gasteiger partial charge in [-0.05, 0) is 36.4 Å². The molecule has 1 aliphatic rings. The first-order valence-corrected chi connectivity index (χ1v) is 5.86. The fourth-order valence-electron chi connectivity index (χ4n) is 2.03. The number of halogens is 1. The summed E-state index contributed by atoms with van der Waals surface area (Å²) in [4.78, 5) is 23.0. The number of nitrogens with two attached hydrogens (primary N) is 1. The Morgan fingerprint density at radius 2 is 1.75 bits per heavy atom. The zero-order valence-corrected chi connectivity index (χ0v) is 10.2. The number of amides is 2. The third-order valence-corrected chi connectivity index (χ3v) is 3.01. The summed E-state index contributed by atoms with van der Waals surface area (Å²) in [6.07, 6.45) is 0. The van der Waals surface area contributed by atoms with E-state index in [4.69, 9.17) is 5.73 Å². The number of hydrogen-bond donors (Lipinski definition) is 3. The highest BCUT2D eigenvalue weighted by atomic mass is 19.1. The zero-order chi connectivity index (χ0) is 14.3. The maximum absolute atomic E-state index is 13.7. The van der Waals surface area contributed by atoms with Gasteiger partial charge in [-0.25, -0.2) is 4.39 Å². The van der Waals surface area contributed by atoms with Crippen LogP contribution in [0, 0.1) is 5.82 Å². The van der Waals surface area contributed by atoms with Gasteiger partial charge in [-0.15, -0.1) is 0 Å². The summed E-state index contributed by atoms with van der Waals surface area (Å²) in [6.45, 7) is 0. The number of imide groups is 1. The minimum atomic E-state index is -0.494. The molecule has 5 nitrogen and oxygen atoms in total. The van der Waals surface area contributed by atoms with Crippen molar-refractivity contribution in [2.75, 3.05) is 11.1 Å². The molecular formula is C14H10FN3O2. The van der Waals surface area contributed by atoms with Crippen molar-refractivity contribution < 1.29 is 14.0 Å². The summed E-state index contributed by atoms with van der Waals surface area (Å²) in [5.74, 6) is -1.37. The molecule has 0 aliphatic carbocycles. The number of benzene rings is 2. The molecule has 100 valence electrons. The molecule has 0 fully saturated rings. The third kappa shape index (κ3) is 1.97. The lowest BCUT2D eigenvalue weighted by atomic mass is 10.1. The molecule has 0 saturated carbocycles. The number of nitrogens with one attached hydrogen (secondary N) is 2. The minimum Gasteiger partial charge on any atom is -0.399 e. The smallest absolute Gasteiger partial charge is 0.259 e. The first-order chi connectivity index (χ1) is 9.54. The van der Waals surface area contributed by atoms with Crippen molar-refractivity contribution in [3.8, 4) is 0 Å². The standard InChI is InChI=1S/C14H10FN3O2/c15-11-5-7(16)1-4-12(11)17-8-2-3-9-10(6-8)14(20)18-13(9)19/h1-6,17H,16H2,(H,18,19,20). The van der Waals surface area contributed by atoms with Gasteiger partial charge in [-0.1, -0.05) is 0 Å². The van der Waals surface area contributed by atoms with E-state index in [0.717, 1.165) is 0 Å². The first-order valence-electron chi connectivity index (χ1n) is 5.86. The average Bonchev–Trinajstić information content (AvgIpc) is 2.68. The van der Waals surface area contributed by atoms with Gasteiger partial charge in [-0.3, -0.25) is 14.9 Å². The summed E-state index contributed by atoms with van der Waals surface area (Å²) < 4.78 is 13.7. The SMILES string of the molecule is Nc1ccc(Nc2ccc3c(c2)C(=O)NC3=O)c(F)c1. The van der Waals surface area contributed by atoms with Gasteiger partial charge in [0, 0.05) is 11.4 Å². The minimum absolute atomic E-state index is 0.240. The van der Waals surface area contributed by atoms with Gasteiger partial charge in [-0.2, -0.15) is 0 Å². The molecule has 0 aromatic heterocycles. The van der Waals surface area contributed by atoms with Crippen molar-refractivity contribution in [2.24, 2.45) is 0 Å². The number of carbonyl (C=O) groups is 2. The second-order valence-electron chi connectivity index (χ2n) is 4.41. The molecule has 0 unspecified atom stereocenters. The number of anilines is 3. The van der Waals surface area contributed by atoms with Crippen LogP contribution >= 0.6 is 0 Å². The van der Waals surface area contributed by atoms with E-state index < -0.39 is 17.6 Å². The van der Waals surface area contributed by atoms with Crippen molar-refractivity contribution >= 4 is 28.9 Å². The summed E-state index contributed by atoms with van der Waals surface area (Å²) in [5, 5.41) is 5.04. The Morgan fingerprint density at radius 1 is 1.00 bits per heavy atom. The molecule has 0 atom stereocenters. The van der Waals surface area contributed by atoms with E-state index in [1.807, 2.05) is 0 Å². The van der Waals surface area contributed by atoms with E-state index >= 15 is 0 Å². The van der Waals surface area contributed by atoms with Gasteiger partial charge in [0.1, 0.15) is 5.82 Å². The Kier molecular flexibility index (Phi) is 2.64. The molecule has 0 spiro atoms. The van der Waals surface area contributed by atoms with Crippen LogP contribution in [0.25, 0.3) is 0 Å². The third-order valence-electron chi connectivity index (χ3n) is 3.01. The predicted octanol–water partition coefficient (Wildman–Crippen LogP) is 2.04. The van der Waals surface area contributed by atoms with E-state index in [0.29, 0.717) is 16.9 Å². The van der Waals surface area contributed by atoms with Crippen LogP contribution in [0.15, 0.2) is 36.4 Å². The van der Waals surface area contributed by atoms with Crippen molar-refractivity contribution in [3.05, 3.63) is 53.3 Å². The number of carbonyl (C=O) groups excluding carboxylic acids is 2. The van der Waals surface area contributed by atoms with E-state index in [2.05, 4.69) is 10.6 Å². The molecule has 0 bridgehead atoms. The second-order valence-corrected chi connectivity index (χ2v) is 4.41. The van der Waals surface area contributed by atoms with E-state index in [1.54, 1.807) is 12.1 Å². The summed E-state index contributed by atoms with van der Waals surface area (Å²) >= 11 is 0. The average molecular weight is 271 g/mol. The van der Waals surface area contributed by atoms with E-state index in [1.165, 1.54) is 24.3 Å². The molecule has 0 saturated heterocycles. The van der Waals surface area contributed by atoms with Crippen molar-refractivity contribution in [3.63, 3.8) is 0 Å². The van der Waals surface area contributed by atoms with Crippen LogP contribution in [0.3, 0.4) is 0 Å². The van der Waals surface area contributed by atoms with E-state index in [-0.39, 0.29) is 11.3 Å². The van der Waals surface area contributed by atoms with Crippen LogP contribution in [0.4, 0.5) is 21.5 Å². The van der Waals surface area contributed by atoms with E-state index in [9.17, 15) is 14.0 Å². The van der Waals surface area contributed by atoms with Crippen molar-refractivity contribution in [1.29, 1.82) is 0 Å². The Morgan fingerprint density at radius 3 is 2.50 bits per heavy atom. The van der Waals surface area contributed by atoms with Gasteiger partial charge in [0.2, 0.25) is 0 Å². The number of rotatable bonds is 2. The lowest BCUT2D eigenvalue weighted by Gasteiger charge is -2.08. The summed E-state index contributed by atoms with van der Waals surface area (Å²) in [6, 6.07) is 8.90. The number of nitrogen functional groups attached to an aromatic ring is 1. The van der Waals surface area contributed by atoms with Crippen LogP contribution in [-0.2, 0) is 0 Å². The Hall–Kier alpha value is -2.89. The quantitative estimate of drug-likeness (QED) is 0.576. The molecule has 0 radical (unpaired) electrons. The van der Waals surface area contributed by atoms with Crippen LogP contribution in [0.1, 0.15) is 20.7 Å². The van der Waals surface area contributed by atoms with Gasteiger partial charge in [0.25, 0.3) is 11.8 Å². The van der Waals surface area contributed by atoms with Crippen LogP contribution < -0.4 is 16.4 Å². The molecule has 3 rings (SSSR count). The lowest BCUT2D eigenvalue weighted by molar-refractivity contribution is 0.0879. The molecular weight excluding hydrogens is 261 g/mol. The van der Waals surface area contributed by atoms with Crippen LogP contribution in [0.5, 0.6) is 0 Å². The van der Waals surface area contributed by atoms with Crippen molar-refractivity contribution in [1.82, 2.24) is 5.32 Å². The molecule has 2 aromatic rings. The van der Waals surface area contributed by atoms with Gasteiger partial charge in [0.15, 0.2) is 0 Å². The van der Waals surface area contributed by atoms with Crippen LogP contribution in [-0.4, -0.2) is 11.8 Å². The Bertz CT molecular complexity index is 743. The fraction of sp³-hybridized carbons (Fsp3) is 0.